The SMILES string of the molecule is Cc1ccc(N2C(=O)N(CC(=O)NC(=O)NCC(C)C)C(=O)C2C)cc1. The zero-order valence-electron chi connectivity index (χ0n) is 15.4. The van der Waals surface area contributed by atoms with Crippen molar-refractivity contribution < 1.29 is 19.2 Å². The van der Waals surface area contributed by atoms with E-state index in [-0.39, 0.29) is 5.92 Å². The molecule has 2 N–H and O–H groups in total. The van der Waals surface area contributed by atoms with Gasteiger partial charge in [0.2, 0.25) is 5.91 Å². The number of carbonyl (C=O) groups excluding carboxylic acids is 4. The first-order valence-corrected chi connectivity index (χ1v) is 8.49. The molecule has 0 aromatic heterocycles. The number of carbonyl (C=O) groups is 4. The van der Waals surface area contributed by atoms with Crippen LogP contribution in [0.1, 0.15) is 26.3 Å². The summed E-state index contributed by atoms with van der Waals surface area (Å²) in [5.41, 5.74) is 1.61. The quantitative estimate of drug-likeness (QED) is 0.780. The Morgan fingerprint density at radius 1 is 1.15 bits per heavy atom. The Hall–Kier alpha value is -2.90. The lowest BCUT2D eigenvalue weighted by Crippen LogP contribution is -2.47. The van der Waals surface area contributed by atoms with Gasteiger partial charge in [-0.25, -0.2) is 9.59 Å². The lowest BCUT2D eigenvalue weighted by atomic mass is 10.2. The van der Waals surface area contributed by atoms with Crippen molar-refractivity contribution >= 4 is 29.6 Å². The highest BCUT2D eigenvalue weighted by Crippen LogP contribution is 2.25. The van der Waals surface area contributed by atoms with E-state index in [9.17, 15) is 19.2 Å². The fourth-order valence-electron chi connectivity index (χ4n) is 2.56. The van der Waals surface area contributed by atoms with Crippen LogP contribution in [0.25, 0.3) is 0 Å². The van der Waals surface area contributed by atoms with Crippen molar-refractivity contribution in [1.82, 2.24) is 15.5 Å². The highest BCUT2D eigenvalue weighted by Gasteiger charge is 2.44. The number of anilines is 1. The molecule has 2 rings (SSSR count). The Balaban J connectivity index is 2.02. The van der Waals surface area contributed by atoms with Gasteiger partial charge in [0.05, 0.1) is 0 Å². The van der Waals surface area contributed by atoms with Crippen molar-refractivity contribution in [2.75, 3.05) is 18.0 Å². The third-order valence-corrected chi connectivity index (χ3v) is 3.99. The molecule has 0 saturated carbocycles. The predicted octanol–water partition coefficient (Wildman–Crippen LogP) is 1.63. The van der Waals surface area contributed by atoms with Crippen molar-refractivity contribution in [2.24, 2.45) is 5.92 Å². The van der Waals surface area contributed by atoms with E-state index in [0.717, 1.165) is 10.5 Å². The van der Waals surface area contributed by atoms with E-state index in [1.54, 1.807) is 19.1 Å². The van der Waals surface area contributed by atoms with Crippen LogP contribution in [0, 0.1) is 12.8 Å². The van der Waals surface area contributed by atoms with Gasteiger partial charge >= 0.3 is 12.1 Å². The van der Waals surface area contributed by atoms with Gasteiger partial charge in [0, 0.05) is 12.2 Å². The minimum atomic E-state index is -0.717. The van der Waals surface area contributed by atoms with Crippen LogP contribution in [0.2, 0.25) is 0 Å². The van der Waals surface area contributed by atoms with Crippen molar-refractivity contribution in [3.05, 3.63) is 29.8 Å². The average molecular weight is 360 g/mol. The number of amides is 6. The second-order valence-electron chi connectivity index (χ2n) is 6.74. The third-order valence-electron chi connectivity index (χ3n) is 3.99. The van der Waals surface area contributed by atoms with E-state index < -0.39 is 36.5 Å². The predicted molar refractivity (Wildman–Crippen MR) is 96.6 cm³/mol. The van der Waals surface area contributed by atoms with Crippen LogP contribution in [0.3, 0.4) is 0 Å². The molecule has 0 radical (unpaired) electrons. The maximum absolute atomic E-state index is 12.6. The summed E-state index contributed by atoms with van der Waals surface area (Å²) < 4.78 is 0. The van der Waals surface area contributed by atoms with Gasteiger partial charge in [0.25, 0.3) is 5.91 Å². The molecule has 8 heteroatoms. The summed E-state index contributed by atoms with van der Waals surface area (Å²) in [4.78, 5) is 50.8. The van der Waals surface area contributed by atoms with Crippen LogP contribution in [-0.4, -0.2) is 47.9 Å². The molecule has 1 saturated heterocycles. The van der Waals surface area contributed by atoms with Crippen molar-refractivity contribution in [2.45, 2.75) is 33.7 Å². The Kier molecular flexibility index (Phi) is 5.97. The summed E-state index contributed by atoms with van der Waals surface area (Å²) >= 11 is 0. The number of benzene rings is 1. The second kappa shape index (κ2) is 7.99. The van der Waals surface area contributed by atoms with Gasteiger partial charge in [-0.05, 0) is 31.9 Å². The van der Waals surface area contributed by atoms with Gasteiger partial charge in [0.15, 0.2) is 0 Å². The van der Waals surface area contributed by atoms with Gasteiger partial charge in [-0.15, -0.1) is 0 Å². The molecule has 1 aliphatic heterocycles. The zero-order chi connectivity index (χ0) is 19.4. The maximum Gasteiger partial charge on any atom is 0.332 e. The molecular formula is C18H24N4O4. The standard InChI is InChI=1S/C18H24N4O4/c1-11(2)9-19-17(25)20-15(23)10-21-16(24)13(4)22(18(21)26)14-7-5-12(3)6-8-14/h5-8,11,13H,9-10H2,1-4H3,(H2,19,20,23,25). The highest BCUT2D eigenvalue weighted by atomic mass is 16.2. The molecule has 0 spiro atoms. The minimum absolute atomic E-state index is 0.238. The monoisotopic (exact) mass is 360 g/mol. The molecule has 1 atom stereocenters. The van der Waals surface area contributed by atoms with E-state index >= 15 is 0 Å². The van der Waals surface area contributed by atoms with Crippen LogP contribution in [0.4, 0.5) is 15.3 Å². The second-order valence-corrected chi connectivity index (χ2v) is 6.74. The lowest BCUT2D eigenvalue weighted by Gasteiger charge is -2.19. The number of urea groups is 2. The van der Waals surface area contributed by atoms with E-state index in [0.29, 0.717) is 12.2 Å². The fourth-order valence-corrected chi connectivity index (χ4v) is 2.56. The lowest BCUT2D eigenvalue weighted by molar-refractivity contribution is -0.131. The van der Waals surface area contributed by atoms with E-state index in [1.165, 1.54) is 4.90 Å². The van der Waals surface area contributed by atoms with Crippen LogP contribution in [0.5, 0.6) is 0 Å². The number of rotatable bonds is 5. The van der Waals surface area contributed by atoms with Gasteiger partial charge in [-0.1, -0.05) is 31.5 Å². The molecule has 1 aromatic carbocycles. The summed E-state index contributed by atoms with van der Waals surface area (Å²) in [6.07, 6.45) is 0. The molecule has 140 valence electrons. The molecular weight excluding hydrogens is 336 g/mol. The molecule has 8 nitrogen and oxygen atoms in total. The van der Waals surface area contributed by atoms with Crippen LogP contribution in [0.15, 0.2) is 24.3 Å². The van der Waals surface area contributed by atoms with E-state index in [4.69, 9.17) is 0 Å². The van der Waals surface area contributed by atoms with Gasteiger partial charge < -0.3 is 5.32 Å². The van der Waals surface area contributed by atoms with Gasteiger partial charge in [-0.2, -0.15) is 0 Å². The number of nitrogens with one attached hydrogen (secondary N) is 2. The molecule has 1 fully saturated rings. The summed E-state index contributed by atoms with van der Waals surface area (Å²) in [6.45, 7) is 7.28. The summed E-state index contributed by atoms with van der Waals surface area (Å²) in [5.74, 6) is -0.958. The summed E-state index contributed by atoms with van der Waals surface area (Å²) in [6, 6.07) is 5.24. The smallest absolute Gasteiger partial charge is 0.332 e. The van der Waals surface area contributed by atoms with E-state index in [2.05, 4.69) is 10.6 Å². The number of nitrogens with zero attached hydrogens (tertiary/aromatic N) is 2. The number of hydrogen-bond donors (Lipinski definition) is 2. The Morgan fingerprint density at radius 2 is 1.77 bits per heavy atom. The first-order chi connectivity index (χ1) is 12.2. The van der Waals surface area contributed by atoms with Crippen molar-refractivity contribution in [1.29, 1.82) is 0 Å². The van der Waals surface area contributed by atoms with Gasteiger partial charge in [0.1, 0.15) is 12.6 Å². The van der Waals surface area contributed by atoms with Crippen molar-refractivity contribution in [3.63, 3.8) is 0 Å². The van der Waals surface area contributed by atoms with Crippen LogP contribution < -0.4 is 15.5 Å². The molecule has 26 heavy (non-hydrogen) atoms. The first-order valence-electron chi connectivity index (χ1n) is 8.49. The zero-order valence-corrected chi connectivity index (χ0v) is 15.4. The summed E-state index contributed by atoms with van der Waals surface area (Å²) in [7, 11) is 0. The van der Waals surface area contributed by atoms with Crippen LogP contribution >= 0.6 is 0 Å². The number of imide groups is 2. The third kappa shape index (κ3) is 4.38. The first kappa shape index (κ1) is 19.4. The van der Waals surface area contributed by atoms with Gasteiger partial charge in [-0.3, -0.25) is 24.7 Å². The molecule has 0 aliphatic carbocycles. The average Bonchev–Trinajstić information content (AvgIpc) is 2.78. The Bertz CT molecular complexity index is 714. The molecule has 0 bridgehead atoms. The van der Waals surface area contributed by atoms with Crippen LogP contribution in [-0.2, 0) is 9.59 Å². The van der Waals surface area contributed by atoms with Crippen molar-refractivity contribution in [3.8, 4) is 0 Å². The topological polar surface area (TPSA) is 98.8 Å². The molecule has 1 aromatic rings. The molecule has 6 amide bonds. The minimum Gasteiger partial charge on any atom is -0.338 e. The number of hydrogen-bond acceptors (Lipinski definition) is 4. The molecule has 1 heterocycles. The Labute approximate surface area is 152 Å². The highest BCUT2D eigenvalue weighted by molar-refractivity contribution is 6.15. The maximum atomic E-state index is 12.6. The Morgan fingerprint density at radius 3 is 2.35 bits per heavy atom. The fraction of sp³-hybridized carbons (Fsp3) is 0.444. The largest absolute Gasteiger partial charge is 0.338 e. The molecule has 1 aliphatic rings. The summed E-state index contributed by atoms with van der Waals surface area (Å²) in [5, 5.41) is 4.67. The number of aryl methyl sites for hydroxylation is 1. The normalized spacial score (nSPS) is 17.0. The van der Waals surface area contributed by atoms with E-state index in [1.807, 2.05) is 32.9 Å². The molecule has 1 unspecified atom stereocenters.